The summed E-state index contributed by atoms with van der Waals surface area (Å²) in [7, 11) is 0. The molecule has 100 valence electrons. The van der Waals surface area contributed by atoms with Crippen LogP contribution >= 0.6 is 11.8 Å². The van der Waals surface area contributed by atoms with Crippen molar-refractivity contribution < 1.29 is 0 Å². The molecule has 1 aromatic carbocycles. The molecule has 1 heterocycles. The van der Waals surface area contributed by atoms with Crippen LogP contribution in [0, 0.1) is 0 Å². The van der Waals surface area contributed by atoms with E-state index in [2.05, 4.69) is 34.0 Å². The van der Waals surface area contributed by atoms with Gasteiger partial charge in [-0.25, -0.2) is 9.97 Å². The first-order valence-electron chi connectivity index (χ1n) is 6.95. The van der Waals surface area contributed by atoms with Gasteiger partial charge in [-0.15, -0.1) is 0 Å². The second-order valence-electron chi connectivity index (χ2n) is 4.98. The highest BCUT2D eigenvalue weighted by Gasteiger charge is 2.24. The van der Waals surface area contributed by atoms with Crippen LogP contribution in [0.15, 0.2) is 30.5 Å². The molecule has 1 saturated carbocycles. The van der Waals surface area contributed by atoms with E-state index in [9.17, 15) is 0 Å². The number of hydrogen-bond donors (Lipinski definition) is 1. The van der Waals surface area contributed by atoms with E-state index < -0.39 is 0 Å². The largest absolute Gasteiger partial charge is 0.351 e. The number of aromatic nitrogens is 2. The molecule has 2 unspecified atom stereocenters. The Kier molecular flexibility index (Phi) is 3.87. The quantitative estimate of drug-likeness (QED) is 0.921. The van der Waals surface area contributed by atoms with Gasteiger partial charge < -0.3 is 5.32 Å². The van der Waals surface area contributed by atoms with Crippen LogP contribution < -0.4 is 5.32 Å². The minimum Gasteiger partial charge on any atom is -0.351 e. The van der Waals surface area contributed by atoms with Gasteiger partial charge in [0.15, 0.2) is 0 Å². The Hall–Kier alpha value is -1.29. The highest BCUT2D eigenvalue weighted by molar-refractivity contribution is 7.99. The fourth-order valence-electron chi connectivity index (χ4n) is 2.68. The third kappa shape index (κ3) is 3.00. The van der Waals surface area contributed by atoms with Crippen LogP contribution in [0.2, 0.25) is 0 Å². The zero-order valence-electron chi connectivity index (χ0n) is 11.2. The Labute approximate surface area is 118 Å². The van der Waals surface area contributed by atoms with Gasteiger partial charge in [-0.1, -0.05) is 25.1 Å². The van der Waals surface area contributed by atoms with E-state index in [1.54, 1.807) is 0 Å². The van der Waals surface area contributed by atoms with Crippen molar-refractivity contribution in [3.63, 3.8) is 0 Å². The number of nitrogens with one attached hydrogen (secondary N) is 1. The first kappa shape index (κ1) is 12.7. The van der Waals surface area contributed by atoms with Crippen LogP contribution in [0.25, 0.3) is 10.9 Å². The van der Waals surface area contributed by atoms with Crippen LogP contribution in [0.3, 0.4) is 0 Å². The van der Waals surface area contributed by atoms with Gasteiger partial charge in [-0.3, -0.25) is 0 Å². The Morgan fingerprint density at radius 2 is 2.21 bits per heavy atom. The summed E-state index contributed by atoms with van der Waals surface area (Å²) < 4.78 is 0. The number of anilines is 1. The molecular formula is C15H19N3S. The molecule has 4 heteroatoms. The summed E-state index contributed by atoms with van der Waals surface area (Å²) in [5.41, 5.74) is 1.01. The number of nitrogens with zero attached hydrogens (tertiary/aromatic N) is 2. The molecule has 19 heavy (non-hydrogen) atoms. The average molecular weight is 273 g/mol. The molecular weight excluding hydrogens is 254 g/mol. The number of para-hydroxylation sites is 1. The smallest absolute Gasteiger partial charge is 0.223 e. The number of benzene rings is 1. The van der Waals surface area contributed by atoms with Crippen LogP contribution in [0.4, 0.5) is 5.95 Å². The molecule has 0 aliphatic heterocycles. The number of hydrogen-bond acceptors (Lipinski definition) is 4. The van der Waals surface area contributed by atoms with Crippen LogP contribution in [-0.2, 0) is 0 Å². The minimum atomic E-state index is 0.533. The van der Waals surface area contributed by atoms with E-state index in [0.29, 0.717) is 6.04 Å². The van der Waals surface area contributed by atoms with Crippen molar-refractivity contribution in [1.82, 2.24) is 9.97 Å². The summed E-state index contributed by atoms with van der Waals surface area (Å²) in [6, 6.07) is 8.64. The highest BCUT2D eigenvalue weighted by atomic mass is 32.2. The lowest BCUT2D eigenvalue weighted by Crippen LogP contribution is -2.17. The van der Waals surface area contributed by atoms with Gasteiger partial charge in [-0.05, 0) is 31.1 Å². The number of fused-ring (bicyclic) bond motifs is 1. The molecule has 2 aromatic rings. The SMILES string of the molecule is CCSC1CCC(Nc2ncc3ccccc3n2)C1. The number of thioether (sulfide) groups is 1. The van der Waals surface area contributed by atoms with Crippen molar-refractivity contribution >= 4 is 28.6 Å². The molecule has 0 amide bonds. The van der Waals surface area contributed by atoms with Gasteiger partial charge in [0.2, 0.25) is 5.95 Å². The molecule has 1 aromatic heterocycles. The minimum absolute atomic E-state index is 0.533. The van der Waals surface area contributed by atoms with E-state index in [4.69, 9.17) is 0 Å². The van der Waals surface area contributed by atoms with Crippen molar-refractivity contribution in [2.75, 3.05) is 11.1 Å². The van der Waals surface area contributed by atoms with E-state index >= 15 is 0 Å². The Balaban J connectivity index is 1.68. The second-order valence-corrected chi connectivity index (χ2v) is 6.56. The Morgan fingerprint density at radius 3 is 3.11 bits per heavy atom. The Bertz CT molecular complexity index is 558. The zero-order chi connectivity index (χ0) is 13.1. The molecule has 3 nitrogen and oxygen atoms in total. The summed E-state index contributed by atoms with van der Waals surface area (Å²) >= 11 is 2.07. The fraction of sp³-hybridized carbons (Fsp3) is 0.467. The molecule has 3 rings (SSSR count). The lowest BCUT2D eigenvalue weighted by molar-refractivity contribution is 0.747. The van der Waals surface area contributed by atoms with Gasteiger partial charge in [-0.2, -0.15) is 11.8 Å². The first-order valence-corrected chi connectivity index (χ1v) is 8.00. The van der Waals surface area contributed by atoms with Gasteiger partial charge in [0.05, 0.1) is 5.52 Å². The van der Waals surface area contributed by atoms with Crippen molar-refractivity contribution in [1.29, 1.82) is 0 Å². The summed E-state index contributed by atoms with van der Waals surface area (Å²) in [5.74, 6) is 1.98. The zero-order valence-corrected chi connectivity index (χ0v) is 12.0. The van der Waals surface area contributed by atoms with Gasteiger partial charge in [0.1, 0.15) is 0 Å². The summed E-state index contributed by atoms with van der Waals surface area (Å²) in [6.07, 6.45) is 5.67. The molecule has 1 N–H and O–H groups in total. The van der Waals surface area contributed by atoms with E-state index in [0.717, 1.165) is 22.1 Å². The summed E-state index contributed by atoms with van der Waals surface area (Å²) in [4.78, 5) is 8.99. The third-order valence-electron chi connectivity index (χ3n) is 3.61. The van der Waals surface area contributed by atoms with Crippen molar-refractivity contribution in [2.24, 2.45) is 0 Å². The molecule has 1 fully saturated rings. The van der Waals surface area contributed by atoms with Crippen molar-refractivity contribution in [3.8, 4) is 0 Å². The fourth-order valence-corrected chi connectivity index (χ4v) is 3.83. The molecule has 0 radical (unpaired) electrons. The standard InChI is InChI=1S/C15H19N3S/c1-2-19-13-8-7-12(9-13)17-15-16-10-11-5-3-4-6-14(11)18-15/h3-6,10,12-13H,2,7-9H2,1H3,(H,16,17,18). The van der Waals surface area contributed by atoms with Crippen LogP contribution in [-0.4, -0.2) is 27.0 Å². The second kappa shape index (κ2) is 5.78. The summed E-state index contributed by atoms with van der Waals surface area (Å²) in [6.45, 7) is 2.23. The predicted octanol–water partition coefficient (Wildman–Crippen LogP) is 3.72. The monoisotopic (exact) mass is 273 g/mol. The molecule has 2 atom stereocenters. The molecule has 0 saturated heterocycles. The topological polar surface area (TPSA) is 37.8 Å². The Morgan fingerprint density at radius 1 is 1.32 bits per heavy atom. The van der Waals surface area contributed by atoms with Gasteiger partial charge >= 0.3 is 0 Å². The van der Waals surface area contributed by atoms with E-state index in [-0.39, 0.29) is 0 Å². The predicted molar refractivity (Wildman–Crippen MR) is 82.7 cm³/mol. The lowest BCUT2D eigenvalue weighted by Gasteiger charge is -2.13. The molecule has 1 aliphatic rings. The van der Waals surface area contributed by atoms with Crippen LogP contribution in [0.5, 0.6) is 0 Å². The van der Waals surface area contributed by atoms with Gasteiger partial charge in [0, 0.05) is 22.9 Å². The maximum atomic E-state index is 4.58. The highest BCUT2D eigenvalue weighted by Crippen LogP contribution is 2.31. The first-order chi connectivity index (χ1) is 9.35. The van der Waals surface area contributed by atoms with E-state index in [1.807, 2.05) is 30.5 Å². The third-order valence-corrected chi connectivity index (χ3v) is 4.84. The molecule has 0 spiro atoms. The van der Waals surface area contributed by atoms with E-state index in [1.165, 1.54) is 25.0 Å². The molecule has 1 aliphatic carbocycles. The lowest BCUT2D eigenvalue weighted by atomic mass is 10.2. The van der Waals surface area contributed by atoms with Crippen LogP contribution in [0.1, 0.15) is 26.2 Å². The van der Waals surface area contributed by atoms with Crippen molar-refractivity contribution in [3.05, 3.63) is 30.5 Å². The average Bonchev–Trinajstić information content (AvgIpc) is 2.86. The maximum absolute atomic E-state index is 4.58. The summed E-state index contributed by atoms with van der Waals surface area (Å²) in [5, 5.41) is 5.39. The normalized spacial score (nSPS) is 22.8. The molecule has 0 bridgehead atoms. The number of rotatable bonds is 4. The van der Waals surface area contributed by atoms with Gasteiger partial charge in [0.25, 0.3) is 0 Å². The maximum Gasteiger partial charge on any atom is 0.223 e. The van der Waals surface area contributed by atoms with Crippen molar-refractivity contribution in [2.45, 2.75) is 37.5 Å².